The van der Waals surface area contributed by atoms with Crippen LogP contribution in [0, 0.1) is 18.3 Å². The van der Waals surface area contributed by atoms with Crippen molar-refractivity contribution in [3.8, 4) is 6.07 Å². The normalized spacial score (nSPS) is 13.8. The number of amides is 1. The van der Waals surface area contributed by atoms with Gasteiger partial charge in [0.05, 0.1) is 28.9 Å². The van der Waals surface area contributed by atoms with E-state index in [1.54, 1.807) is 25.1 Å². The lowest BCUT2D eigenvalue weighted by Crippen LogP contribution is -2.24. The van der Waals surface area contributed by atoms with Gasteiger partial charge in [-0.2, -0.15) is 18.4 Å². The number of nitriles is 1. The number of carbonyl (C=O) groups excluding carboxylic acids is 1. The van der Waals surface area contributed by atoms with Gasteiger partial charge >= 0.3 is 6.18 Å². The van der Waals surface area contributed by atoms with Gasteiger partial charge in [-0.15, -0.1) is 0 Å². The lowest BCUT2D eigenvalue weighted by atomic mass is 9.98. The van der Waals surface area contributed by atoms with E-state index in [0.717, 1.165) is 18.9 Å². The molecular formula is C22H17F3N4O. The Balaban J connectivity index is 1.66. The molecule has 0 bridgehead atoms. The van der Waals surface area contributed by atoms with Crippen molar-refractivity contribution in [2.75, 3.05) is 0 Å². The number of halogens is 3. The first-order valence-electron chi connectivity index (χ1n) is 9.42. The third-order valence-corrected chi connectivity index (χ3v) is 5.11. The molecule has 1 aromatic carbocycles. The van der Waals surface area contributed by atoms with Gasteiger partial charge in [0.2, 0.25) is 0 Å². The molecule has 1 fully saturated rings. The second-order valence-electron chi connectivity index (χ2n) is 7.39. The van der Waals surface area contributed by atoms with E-state index in [2.05, 4.69) is 15.3 Å². The van der Waals surface area contributed by atoms with Crippen LogP contribution in [-0.2, 0) is 12.7 Å². The average molecular weight is 410 g/mol. The zero-order valence-corrected chi connectivity index (χ0v) is 16.0. The lowest BCUT2D eigenvalue weighted by Gasteiger charge is -2.15. The third-order valence-electron chi connectivity index (χ3n) is 5.11. The Bertz CT molecular complexity index is 1180. The van der Waals surface area contributed by atoms with Gasteiger partial charge < -0.3 is 5.32 Å². The number of aromatic nitrogens is 2. The van der Waals surface area contributed by atoms with Crippen LogP contribution in [0.2, 0.25) is 0 Å². The molecule has 4 rings (SSSR count). The summed E-state index contributed by atoms with van der Waals surface area (Å²) < 4.78 is 41.1. The van der Waals surface area contributed by atoms with Gasteiger partial charge in [-0.05, 0) is 67.1 Å². The van der Waals surface area contributed by atoms with Crippen molar-refractivity contribution in [2.24, 2.45) is 0 Å². The first-order valence-corrected chi connectivity index (χ1v) is 9.42. The zero-order valence-electron chi connectivity index (χ0n) is 16.0. The van der Waals surface area contributed by atoms with Crippen LogP contribution in [0.5, 0.6) is 0 Å². The Morgan fingerprint density at radius 3 is 2.63 bits per heavy atom. The van der Waals surface area contributed by atoms with E-state index in [0.29, 0.717) is 27.8 Å². The van der Waals surface area contributed by atoms with Crippen molar-refractivity contribution < 1.29 is 18.0 Å². The molecule has 1 aliphatic rings. The predicted octanol–water partition coefficient (Wildman–Crippen LogP) is 4.64. The first-order chi connectivity index (χ1) is 14.3. The van der Waals surface area contributed by atoms with Gasteiger partial charge in [0.25, 0.3) is 5.91 Å². The van der Waals surface area contributed by atoms with E-state index in [1.807, 2.05) is 6.07 Å². The van der Waals surface area contributed by atoms with Crippen LogP contribution in [0.15, 0.2) is 36.5 Å². The number of carbonyl (C=O) groups is 1. The summed E-state index contributed by atoms with van der Waals surface area (Å²) in [6, 6.07) is 9.53. The quantitative estimate of drug-likeness (QED) is 0.680. The highest BCUT2D eigenvalue weighted by molar-refractivity contribution is 5.96. The van der Waals surface area contributed by atoms with Crippen LogP contribution in [0.3, 0.4) is 0 Å². The van der Waals surface area contributed by atoms with Crippen LogP contribution >= 0.6 is 0 Å². The van der Waals surface area contributed by atoms with E-state index in [-0.39, 0.29) is 23.7 Å². The number of hydrogen-bond acceptors (Lipinski definition) is 4. The molecule has 0 atom stereocenters. The highest BCUT2D eigenvalue weighted by atomic mass is 19.4. The smallest absolute Gasteiger partial charge is 0.345 e. The summed E-state index contributed by atoms with van der Waals surface area (Å²) in [5, 5.41) is 11.8. The molecule has 152 valence electrons. The van der Waals surface area contributed by atoms with Crippen LogP contribution in [-0.4, -0.2) is 15.9 Å². The molecule has 3 aromatic rings. The molecule has 1 N–H and O–H groups in total. The summed E-state index contributed by atoms with van der Waals surface area (Å²) in [5.74, 6) is -0.427. The molecule has 8 heteroatoms. The number of nitrogens with zero attached hydrogens (tertiary/aromatic N) is 3. The lowest BCUT2D eigenvalue weighted by molar-refractivity contribution is -0.136. The highest BCUT2D eigenvalue weighted by Crippen LogP contribution is 2.44. The Morgan fingerprint density at radius 1 is 1.27 bits per heavy atom. The van der Waals surface area contributed by atoms with Gasteiger partial charge in [-0.1, -0.05) is 0 Å². The van der Waals surface area contributed by atoms with Crippen molar-refractivity contribution in [1.82, 2.24) is 15.3 Å². The maximum Gasteiger partial charge on any atom is 0.418 e. The summed E-state index contributed by atoms with van der Waals surface area (Å²) in [6.45, 7) is 1.75. The maximum absolute atomic E-state index is 13.7. The molecule has 2 heterocycles. The number of pyridine rings is 2. The summed E-state index contributed by atoms with van der Waals surface area (Å²) >= 11 is 0. The van der Waals surface area contributed by atoms with Crippen LogP contribution in [0.1, 0.15) is 57.2 Å². The predicted molar refractivity (Wildman–Crippen MR) is 104 cm³/mol. The molecule has 0 saturated heterocycles. The number of hydrogen-bond donors (Lipinski definition) is 1. The molecule has 0 spiro atoms. The number of aryl methyl sites for hydroxylation is 1. The Hall–Kier alpha value is -3.47. The fraction of sp³-hybridized carbons (Fsp3) is 0.273. The molecule has 5 nitrogen and oxygen atoms in total. The van der Waals surface area contributed by atoms with E-state index in [9.17, 15) is 18.0 Å². The molecule has 0 aliphatic heterocycles. The largest absolute Gasteiger partial charge is 0.418 e. The van der Waals surface area contributed by atoms with Crippen LogP contribution < -0.4 is 5.32 Å². The van der Waals surface area contributed by atoms with Crippen molar-refractivity contribution in [1.29, 1.82) is 5.26 Å². The van der Waals surface area contributed by atoms with Gasteiger partial charge in [0.1, 0.15) is 11.8 Å². The number of benzene rings is 1. The van der Waals surface area contributed by atoms with Crippen LogP contribution in [0.4, 0.5) is 13.2 Å². The van der Waals surface area contributed by atoms with E-state index in [1.165, 1.54) is 12.3 Å². The minimum atomic E-state index is -4.57. The molecular weight excluding hydrogens is 393 g/mol. The molecule has 0 unspecified atom stereocenters. The third kappa shape index (κ3) is 3.96. The number of rotatable bonds is 4. The van der Waals surface area contributed by atoms with Gasteiger partial charge in [-0.3, -0.25) is 9.78 Å². The molecule has 1 amide bonds. The van der Waals surface area contributed by atoms with Crippen molar-refractivity contribution in [3.05, 3.63) is 70.2 Å². The van der Waals surface area contributed by atoms with Gasteiger partial charge in [-0.25, -0.2) is 4.98 Å². The van der Waals surface area contributed by atoms with Gasteiger partial charge in [0.15, 0.2) is 0 Å². The van der Waals surface area contributed by atoms with E-state index < -0.39 is 17.6 Å². The molecule has 2 aromatic heterocycles. The number of alkyl halides is 3. The highest BCUT2D eigenvalue weighted by Gasteiger charge is 2.36. The standard InChI is InChI=1S/C22H17F3N4O/c1-12-6-19(21(30)28-11-16-5-2-13(9-26)10-27-16)29-20-17(12)7-15(14-3-4-14)8-18(20)22(23,24)25/h2,5-8,10,14H,3-4,11H2,1H3,(H,28,30). The van der Waals surface area contributed by atoms with Crippen molar-refractivity contribution in [2.45, 2.75) is 38.4 Å². The Labute approximate surface area is 170 Å². The van der Waals surface area contributed by atoms with Crippen LogP contribution in [0.25, 0.3) is 10.9 Å². The monoisotopic (exact) mass is 410 g/mol. The fourth-order valence-electron chi connectivity index (χ4n) is 3.35. The summed E-state index contributed by atoms with van der Waals surface area (Å²) in [4.78, 5) is 20.7. The maximum atomic E-state index is 13.7. The second kappa shape index (κ2) is 7.41. The molecule has 30 heavy (non-hydrogen) atoms. The topological polar surface area (TPSA) is 78.7 Å². The minimum Gasteiger partial charge on any atom is -0.345 e. The number of fused-ring (bicyclic) bond motifs is 1. The summed E-state index contributed by atoms with van der Waals surface area (Å²) in [7, 11) is 0. The second-order valence-corrected chi connectivity index (χ2v) is 7.39. The Morgan fingerprint density at radius 2 is 2.03 bits per heavy atom. The average Bonchev–Trinajstić information content (AvgIpc) is 3.56. The summed E-state index contributed by atoms with van der Waals surface area (Å²) in [6.07, 6.45) is -1.41. The molecule has 0 radical (unpaired) electrons. The Kier molecular flexibility index (Phi) is 4.90. The van der Waals surface area contributed by atoms with E-state index >= 15 is 0 Å². The van der Waals surface area contributed by atoms with E-state index in [4.69, 9.17) is 5.26 Å². The molecule has 1 aliphatic carbocycles. The minimum absolute atomic E-state index is 0.0655. The molecule has 1 saturated carbocycles. The zero-order chi connectivity index (χ0) is 21.5. The fourth-order valence-corrected chi connectivity index (χ4v) is 3.35. The first kappa shape index (κ1) is 19.8. The SMILES string of the molecule is Cc1cc(C(=O)NCc2ccc(C#N)cn2)nc2c(C(F)(F)F)cc(C3CC3)cc12. The van der Waals surface area contributed by atoms with Gasteiger partial charge in [0, 0.05) is 11.6 Å². The van der Waals surface area contributed by atoms with Crippen molar-refractivity contribution >= 4 is 16.8 Å². The van der Waals surface area contributed by atoms with Crippen molar-refractivity contribution in [3.63, 3.8) is 0 Å². The number of nitrogens with one attached hydrogen (secondary N) is 1. The summed E-state index contributed by atoms with van der Waals surface area (Å²) in [5.41, 5.74) is 1.03.